The van der Waals surface area contributed by atoms with Gasteiger partial charge in [0.05, 0.1) is 11.8 Å². The number of carbonyl (C=O) groups excluding carboxylic acids is 3. The summed E-state index contributed by atoms with van der Waals surface area (Å²) in [5.74, 6) is -13.3. The van der Waals surface area contributed by atoms with Gasteiger partial charge in [-0.25, -0.2) is 9.59 Å². The molecule has 29 heavy (non-hydrogen) atoms. The van der Waals surface area contributed by atoms with Crippen molar-refractivity contribution in [3.63, 3.8) is 0 Å². The highest BCUT2D eigenvalue weighted by Crippen LogP contribution is 2.59. The Balaban J connectivity index is 1.85. The Morgan fingerprint density at radius 3 is 2.41 bits per heavy atom. The van der Waals surface area contributed by atoms with Crippen molar-refractivity contribution < 1.29 is 47.3 Å². The Morgan fingerprint density at radius 1 is 1.28 bits per heavy atom. The van der Waals surface area contributed by atoms with Crippen LogP contribution in [0, 0.1) is 29.6 Å². The van der Waals surface area contributed by atoms with Crippen molar-refractivity contribution in [2.24, 2.45) is 29.6 Å². The fraction of sp³-hybridized carbons (Fsp3) is 0.684. The molecule has 2 bridgehead atoms. The summed E-state index contributed by atoms with van der Waals surface area (Å²) in [6.45, 7) is 7.51. The lowest BCUT2D eigenvalue weighted by Gasteiger charge is -2.33. The molecule has 0 aromatic rings. The van der Waals surface area contributed by atoms with Gasteiger partial charge in [0.1, 0.15) is 12.2 Å². The fourth-order valence-corrected chi connectivity index (χ4v) is 4.65. The smallest absolute Gasteiger partial charge is 0.378 e. The van der Waals surface area contributed by atoms with Crippen molar-refractivity contribution in [1.82, 2.24) is 0 Å². The van der Waals surface area contributed by atoms with Crippen molar-refractivity contribution in [3.8, 4) is 0 Å². The minimum atomic E-state index is -4.30. The summed E-state index contributed by atoms with van der Waals surface area (Å²) in [7, 11) is 0. The van der Waals surface area contributed by atoms with Crippen LogP contribution in [-0.2, 0) is 33.4 Å². The van der Waals surface area contributed by atoms with Gasteiger partial charge in [-0.15, -0.1) is 0 Å². The third-order valence-corrected chi connectivity index (χ3v) is 5.90. The summed E-state index contributed by atoms with van der Waals surface area (Å²) in [5, 5.41) is 8.80. The second-order valence-corrected chi connectivity index (χ2v) is 8.20. The Labute approximate surface area is 165 Å². The van der Waals surface area contributed by atoms with Crippen LogP contribution < -0.4 is 0 Å². The number of ether oxygens (including phenoxy) is 3. The van der Waals surface area contributed by atoms with Crippen molar-refractivity contribution in [3.05, 3.63) is 12.2 Å². The maximum Gasteiger partial charge on any atom is 0.378 e. The molecule has 1 saturated heterocycles. The number of hydrogen-bond donors (Lipinski definition) is 1. The van der Waals surface area contributed by atoms with Crippen molar-refractivity contribution in [2.45, 2.75) is 51.4 Å². The van der Waals surface area contributed by atoms with E-state index in [1.807, 2.05) is 0 Å². The van der Waals surface area contributed by atoms with Crippen LogP contribution in [0.15, 0.2) is 12.2 Å². The van der Waals surface area contributed by atoms with Gasteiger partial charge in [-0.3, -0.25) is 9.59 Å². The summed E-state index contributed by atoms with van der Waals surface area (Å²) >= 11 is 0. The van der Waals surface area contributed by atoms with E-state index in [0.717, 1.165) is 0 Å². The van der Waals surface area contributed by atoms with E-state index in [4.69, 9.17) is 19.3 Å². The van der Waals surface area contributed by atoms with Gasteiger partial charge in [-0.1, -0.05) is 20.4 Å². The minimum absolute atomic E-state index is 0.119. The lowest BCUT2D eigenvalue weighted by atomic mass is 9.78. The molecular formula is C19H22F2O8. The van der Waals surface area contributed by atoms with Gasteiger partial charge in [0.25, 0.3) is 0 Å². The number of esters is 3. The minimum Gasteiger partial charge on any atom is -0.477 e. The molecule has 0 spiro atoms. The highest BCUT2D eigenvalue weighted by atomic mass is 19.3. The standard InChI is InChI=1S/C19H22F2O8/c1-6(2)14(19(20,21)18(25)26)29-17(24)11-9-5-8-10(11)16(23)28-13(8)12(9)27-15(22)7(3)4/h6,8-14H,3,5H2,1-2,4H3,(H,25,26). The van der Waals surface area contributed by atoms with Gasteiger partial charge < -0.3 is 19.3 Å². The quantitative estimate of drug-likeness (QED) is 0.378. The molecular weight excluding hydrogens is 394 g/mol. The van der Waals surface area contributed by atoms with E-state index >= 15 is 0 Å². The second-order valence-electron chi connectivity index (χ2n) is 8.20. The first-order chi connectivity index (χ1) is 13.4. The Bertz CT molecular complexity index is 776. The zero-order valence-electron chi connectivity index (χ0n) is 16.1. The molecule has 7 atom stereocenters. The van der Waals surface area contributed by atoms with E-state index < -0.39 is 77.7 Å². The zero-order valence-corrected chi connectivity index (χ0v) is 16.1. The van der Waals surface area contributed by atoms with Crippen LogP contribution in [0.5, 0.6) is 0 Å². The van der Waals surface area contributed by atoms with Crippen molar-refractivity contribution >= 4 is 23.9 Å². The Kier molecular flexibility index (Phi) is 5.17. The van der Waals surface area contributed by atoms with Crippen LogP contribution in [0.3, 0.4) is 0 Å². The molecule has 1 heterocycles. The molecule has 3 fully saturated rings. The highest BCUT2D eigenvalue weighted by Gasteiger charge is 2.70. The summed E-state index contributed by atoms with van der Waals surface area (Å²) in [4.78, 5) is 47.9. The van der Waals surface area contributed by atoms with E-state index in [1.165, 1.54) is 20.8 Å². The number of carbonyl (C=O) groups is 4. The first kappa shape index (κ1) is 21.2. The third kappa shape index (κ3) is 3.28. The normalized spacial score (nSPS) is 33.4. The van der Waals surface area contributed by atoms with Gasteiger partial charge in [0, 0.05) is 17.4 Å². The monoisotopic (exact) mass is 416 g/mol. The van der Waals surface area contributed by atoms with E-state index in [2.05, 4.69) is 6.58 Å². The molecule has 1 aliphatic heterocycles. The molecule has 2 aliphatic carbocycles. The average Bonchev–Trinajstić information content (AvgIpc) is 3.22. The third-order valence-electron chi connectivity index (χ3n) is 5.90. The van der Waals surface area contributed by atoms with E-state index in [0.29, 0.717) is 6.42 Å². The maximum atomic E-state index is 14.1. The number of carboxylic acids is 1. The average molecular weight is 416 g/mol. The second kappa shape index (κ2) is 7.07. The van der Waals surface area contributed by atoms with Crippen LogP contribution in [0.25, 0.3) is 0 Å². The zero-order chi connectivity index (χ0) is 21.8. The van der Waals surface area contributed by atoms with Crippen molar-refractivity contribution in [2.75, 3.05) is 0 Å². The molecule has 7 unspecified atom stereocenters. The number of carboxylic acid groups (broad SMARTS) is 1. The molecule has 0 aromatic heterocycles. The molecule has 8 nitrogen and oxygen atoms in total. The number of fused-ring (bicyclic) bond motifs is 1. The van der Waals surface area contributed by atoms with Crippen LogP contribution in [0.4, 0.5) is 8.78 Å². The molecule has 0 radical (unpaired) electrons. The number of halogens is 2. The summed E-state index contributed by atoms with van der Waals surface area (Å²) < 4.78 is 43.7. The summed E-state index contributed by atoms with van der Waals surface area (Å²) in [6.07, 6.45) is -3.50. The number of rotatable bonds is 7. The topological polar surface area (TPSA) is 116 Å². The SMILES string of the molecule is C=C(C)C(=O)OC1C2CC3C1OC(=O)C3C2C(=O)OC(C(C)C)C(F)(F)C(=O)O. The van der Waals surface area contributed by atoms with Crippen LogP contribution in [-0.4, -0.2) is 53.2 Å². The Hall–Kier alpha value is -2.52. The van der Waals surface area contributed by atoms with Crippen molar-refractivity contribution in [1.29, 1.82) is 0 Å². The number of hydrogen-bond acceptors (Lipinski definition) is 7. The number of aliphatic carboxylic acids is 1. The summed E-state index contributed by atoms with van der Waals surface area (Å²) in [6, 6.07) is 0. The van der Waals surface area contributed by atoms with Crippen LogP contribution >= 0.6 is 0 Å². The van der Waals surface area contributed by atoms with E-state index in [-0.39, 0.29) is 5.57 Å². The fourth-order valence-electron chi connectivity index (χ4n) is 4.65. The van der Waals surface area contributed by atoms with E-state index in [1.54, 1.807) is 0 Å². The predicted octanol–water partition coefficient (Wildman–Crippen LogP) is 1.57. The lowest BCUT2D eigenvalue weighted by molar-refractivity contribution is -0.203. The van der Waals surface area contributed by atoms with Gasteiger partial charge in [-0.05, 0) is 19.3 Å². The van der Waals surface area contributed by atoms with E-state index in [9.17, 15) is 28.0 Å². The largest absolute Gasteiger partial charge is 0.477 e. The van der Waals surface area contributed by atoms with Crippen LogP contribution in [0.2, 0.25) is 0 Å². The summed E-state index contributed by atoms with van der Waals surface area (Å²) in [5.41, 5.74) is 0.119. The molecule has 1 N–H and O–H groups in total. The maximum absolute atomic E-state index is 14.1. The predicted molar refractivity (Wildman–Crippen MR) is 90.5 cm³/mol. The highest BCUT2D eigenvalue weighted by molar-refractivity contribution is 5.89. The Morgan fingerprint density at radius 2 is 1.90 bits per heavy atom. The first-order valence-electron chi connectivity index (χ1n) is 9.26. The van der Waals surface area contributed by atoms with Gasteiger partial charge in [0.2, 0.25) is 0 Å². The molecule has 160 valence electrons. The van der Waals surface area contributed by atoms with Gasteiger partial charge in [-0.2, -0.15) is 8.78 Å². The molecule has 3 aliphatic rings. The number of alkyl halides is 2. The molecule has 3 rings (SSSR count). The van der Waals surface area contributed by atoms with Gasteiger partial charge in [0.15, 0.2) is 6.10 Å². The molecule has 0 amide bonds. The van der Waals surface area contributed by atoms with Crippen LogP contribution in [0.1, 0.15) is 27.2 Å². The lowest BCUT2D eigenvalue weighted by Crippen LogP contribution is -2.50. The van der Waals surface area contributed by atoms with Gasteiger partial charge >= 0.3 is 29.8 Å². The molecule has 0 aromatic carbocycles. The molecule has 2 saturated carbocycles. The molecule has 10 heteroatoms. The first-order valence-corrected chi connectivity index (χ1v) is 9.26.